The molecule has 0 atom stereocenters. The molecule has 0 aliphatic carbocycles. The number of nitrogens with two attached hydrogens (primary N) is 1. The molecule has 0 bridgehead atoms. The first-order valence-electron chi connectivity index (χ1n) is 6.37. The zero-order chi connectivity index (χ0) is 16.2. The van der Waals surface area contributed by atoms with Crippen molar-refractivity contribution in [2.24, 2.45) is 5.73 Å². The van der Waals surface area contributed by atoms with Crippen molar-refractivity contribution in [1.29, 1.82) is 0 Å². The van der Waals surface area contributed by atoms with Gasteiger partial charge in [0, 0.05) is 6.54 Å². The van der Waals surface area contributed by atoms with Crippen molar-refractivity contribution in [3.63, 3.8) is 0 Å². The van der Waals surface area contributed by atoms with Gasteiger partial charge >= 0.3 is 6.36 Å². The van der Waals surface area contributed by atoms with Crippen LogP contribution in [0.1, 0.15) is 0 Å². The molecule has 0 amide bonds. The molecule has 3 nitrogen and oxygen atoms in total. The molecule has 2 aromatic rings. The molecular formula is C15H14ClF4NO2. The second-order valence-corrected chi connectivity index (χ2v) is 4.36. The van der Waals surface area contributed by atoms with E-state index in [1.807, 2.05) is 0 Å². The number of hydrogen-bond acceptors (Lipinski definition) is 3. The Morgan fingerprint density at radius 2 is 1.65 bits per heavy atom. The van der Waals surface area contributed by atoms with Crippen molar-refractivity contribution < 1.29 is 27.0 Å². The van der Waals surface area contributed by atoms with Crippen molar-refractivity contribution in [3.8, 4) is 22.6 Å². The Morgan fingerprint density at radius 3 is 2.26 bits per heavy atom. The second-order valence-electron chi connectivity index (χ2n) is 4.36. The lowest BCUT2D eigenvalue weighted by Crippen LogP contribution is -2.18. The topological polar surface area (TPSA) is 44.5 Å². The molecule has 2 rings (SSSR count). The number of halogens is 5. The third-order valence-corrected chi connectivity index (χ3v) is 2.70. The fraction of sp³-hybridized carbons (Fsp3) is 0.200. The fourth-order valence-corrected chi connectivity index (χ4v) is 1.85. The summed E-state index contributed by atoms with van der Waals surface area (Å²) in [5, 5.41) is 0. The average Bonchev–Trinajstić information content (AvgIpc) is 2.44. The van der Waals surface area contributed by atoms with Crippen molar-refractivity contribution in [3.05, 3.63) is 48.3 Å². The molecule has 0 saturated heterocycles. The average molecular weight is 352 g/mol. The maximum atomic E-state index is 13.2. The van der Waals surface area contributed by atoms with Crippen LogP contribution in [0.25, 0.3) is 11.1 Å². The Labute approximate surface area is 136 Å². The lowest BCUT2D eigenvalue weighted by atomic mass is 10.1. The molecule has 2 aromatic carbocycles. The lowest BCUT2D eigenvalue weighted by Gasteiger charge is -2.15. The van der Waals surface area contributed by atoms with Gasteiger partial charge in [0.2, 0.25) is 0 Å². The molecule has 23 heavy (non-hydrogen) atoms. The van der Waals surface area contributed by atoms with Crippen molar-refractivity contribution in [1.82, 2.24) is 0 Å². The first kappa shape index (κ1) is 19.1. The van der Waals surface area contributed by atoms with Crippen LogP contribution < -0.4 is 15.2 Å². The van der Waals surface area contributed by atoms with Crippen LogP contribution in [0.2, 0.25) is 0 Å². The zero-order valence-electron chi connectivity index (χ0n) is 11.8. The van der Waals surface area contributed by atoms with E-state index in [2.05, 4.69) is 4.74 Å². The Balaban J connectivity index is 0.00000264. The van der Waals surface area contributed by atoms with Crippen LogP contribution in [0, 0.1) is 5.82 Å². The molecule has 0 radical (unpaired) electrons. The van der Waals surface area contributed by atoms with E-state index in [-0.39, 0.29) is 31.3 Å². The minimum atomic E-state index is -4.83. The SMILES string of the molecule is Cl.NCCOc1cc(-c2cccc(F)c2)ccc1OC(F)(F)F. The zero-order valence-corrected chi connectivity index (χ0v) is 12.6. The fourth-order valence-electron chi connectivity index (χ4n) is 1.85. The summed E-state index contributed by atoms with van der Waals surface area (Å²) in [5.74, 6) is -1.02. The summed E-state index contributed by atoms with van der Waals surface area (Å²) in [6.07, 6.45) is -4.83. The van der Waals surface area contributed by atoms with Crippen LogP contribution in [0.4, 0.5) is 17.6 Å². The van der Waals surface area contributed by atoms with Gasteiger partial charge in [0.25, 0.3) is 0 Å². The Hall–Kier alpha value is -1.99. The quantitative estimate of drug-likeness (QED) is 0.823. The van der Waals surface area contributed by atoms with Crippen LogP contribution in [0.3, 0.4) is 0 Å². The Morgan fingerprint density at radius 1 is 0.957 bits per heavy atom. The minimum absolute atomic E-state index is 0. The van der Waals surface area contributed by atoms with Gasteiger partial charge in [-0.3, -0.25) is 0 Å². The van der Waals surface area contributed by atoms with E-state index >= 15 is 0 Å². The van der Waals surface area contributed by atoms with Crippen LogP contribution in [0.5, 0.6) is 11.5 Å². The molecule has 0 saturated carbocycles. The van der Waals surface area contributed by atoms with Crippen LogP contribution in [0.15, 0.2) is 42.5 Å². The highest BCUT2D eigenvalue weighted by atomic mass is 35.5. The number of alkyl halides is 3. The first-order chi connectivity index (χ1) is 10.4. The predicted molar refractivity (Wildman–Crippen MR) is 80.3 cm³/mol. The number of benzene rings is 2. The maximum absolute atomic E-state index is 13.2. The molecule has 0 heterocycles. The molecule has 0 spiro atoms. The van der Waals surface area contributed by atoms with Gasteiger partial charge in [-0.2, -0.15) is 0 Å². The highest BCUT2D eigenvalue weighted by Gasteiger charge is 2.32. The highest BCUT2D eigenvalue weighted by Crippen LogP contribution is 2.36. The summed E-state index contributed by atoms with van der Waals surface area (Å²) in [5.41, 5.74) is 6.30. The van der Waals surface area contributed by atoms with Crippen LogP contribution in [-0.2, 0) is 0 Å². The Kier molecular flexibility index (Phi) is 6.65. The summed E-state index contributed by atoms with van der Waals surface area (Å²) in [7, 11) is 0. The normalized spacial score (nSPS) is 10.8. The first-order valence-corrected chi connectivity index (χ1v) is 6.37. The van der Waals surface area contributed by atoms with Crippen molar-refractivity contribution in [2.45, 2.75) is 6.36 Å². The molecule has 8 heteroatoms. The molecule has 2 N–H and O–H groups in total. The number of rotatable bonds is 5. The monoisotopic (exact) mass is 351 g/mol. The van der Waals surface area contributed by atoms with Crippen molar-refractivity contribution >= 4 is 12.4 Å². The lowest BCUT2D eigenvalue weighted by molar-refractivity contribution is -0.275. The number of hydrogen-bond donors (Lipinski definition) is 1. The summed E-state index contributed by atoms with van der Waals surface area (Å²) < 4.78 is 59.4. The summed E-state index contributed by atoms with van der Waals surface area (Å²) >= 11 is 0. The summed E-state index contributed by atoms with van der Waals surface area (Å²) in [6.45, 7) is 0.163. The summed E-state index contributed by atoms with van der Waals surface area (Å²) in [4.78, 5) is 0. The third kappa shape index (κ3) is 5.61. The van der Waals surface area contributed by atoms with Gasteiger partial charge in [0.05, 0.1) is 0 Å². The molecule has 0 fully saturated rings. The Bertz CT molecular complexity index is 650. The van der Waals surface area contributed by atoms with E-state index in [4.69, 9.17) is 10.5 Å². The highest BCUT2D eigenvalue weighted by molar-refractivity contribution is 5.85. The van der Waals surface area contributed by atoms with Gasteiger partial charge in [-0.25, -0.2) is 4.39 Å². The molecule has 0 aliphatic heterocycles. The van der Waals surface area contributed by atoms with Crippen LogP contribution in [-0.4, -0.2) is 19.5 Å². The van der Waals surface area contributed by atoms with Gasteiger partial charge < -0.3 is 15.2 Å². The van der Waals surface area contributed by atoms with Gasteiger partial charge in [-0.1, -0.05) is 18.2 Å². The van der Waals surface area contributed by atoms with Gasteiger partial charge in [-0.05, 0) is 35.4 Å². The standard InChI is InChI=1S/C15H13F4NO2.ClH/c16-12-3-1-2-10(8-12)11-4-5-13(22-15(17,18)19)14(9-11)21-7-6-20;/h1-5,8-9H,6-7,20H2;1H. The number of ether oxygens (including phenoxy) is 2. The van der Waals surface area contributed by atoms with E-state index < -0.39 is 17.9 Å². The van der Waals surface area contributed by atoms with Gasteiger partial charge in [0.1, 0.15) is 12.4 Å². The van der Waals surface area contributed by atoms with Crippen molar-refractivity contribution in [2.75, 3.05) is 13.2 Å². The van der Waals surface area contributed by atoms with Gasteiger partial charge in [-0.15, -0.1) is 25.6 Å². The van der Waals surface area contributed by atoms with Gasteiger partial charge in [0.15, 0.2) is 11.5 Å². The van der Waals surface area contributed by atoms with E-state index in [9.17, 15) is 17.6 Å². The molecule has 0 aliphatic rings. The van der Waals surface area contributed by atoms with E-state index in [0.717, 1.165) is 6.07 Å². The largest absolute Gasteiger partial charge is 0.573 e. The molecule has 0 unspecified atom stereocenters. The second kappa shape index (κ2) is 8.03. The van der Waals surface area contributed by atoms with E-state index in [1.54, 1.807) is 6.07 Å². The molecular weight excluding hydrogens is 338 g/mol. The smallest absolute Gasteiger partial charge is 0.488 e. The summed E-state index contributed by atoms with van der Waals surface area (Å²) in [6, 6.07) is 9.56. The molecule has 126 valence electrons. The van der Waals surface area contributed by atoms with Crippen LogP contribution >= 0.6 is 12.4 Å². The maximum Gasteiger partial charge on any atom is 0.573 e. The third-order valence-electron chi connectivity index (χ3n) is 2.70. The van der Waals surface area contributed by atoms with E-state index in [0.29, 0.717) is 11.1 Å². The minimum Gasteiger partial charge on any atom is -0.488 e. The predicted octanol–water partition coefficient (Wildman–Crippen LogP) is 4.15. The van der Waals surface area contributed by atoms with E-state index in [1.165, 1.54) is 30.3 Å². The molecule has 0 aromatic heterocycles.